The predicted octanol–water partition coefficient (Wildman–Crippen LogP) is 2.50. The molecule has 17 heavy (non-hydrogen) atoms. The fourth-order valence-electron chi connectivity index (χ4n) is 2.00. The zero-order valence-corrected chi connectivity index (χ0v) is 10.5. The lowest BCUT2D eigenvalue weighted by atomic mass is 9.85. The standard InChI is InChI=1S/C13H20N2O2/c1-16-12-6-10(14)11(7-13(12)17-2)15-8-9-4-3-5-9/h6-7,9,15H,3-5,8,14H2,1-2H3. The van der Waals surface area contributed by atoms with Crippen molar-refractivity contribution in [3.8, 4) is 11.5 Å². The first-order chi connectivity index (χ1) is 8.24. The summed E-state index contributed by atoms with van der Waals surface area (Å²) in [5.41, 5.74) is 7.59. The first kappa shape index (κ1) is 11.9. The Morgan fingerprint density at radius 2 is 1.88 bits per heavy atom. The second kappa shape index (κ2) is 5.17. The van der Waals surface area contributed by atoms with Crippen molar-refractivity contribution in [2.75, 3.05) is 31.8 Å². The van der Waals surface area contributed by atoms with Gasteiger partial charge < -0.3 is 20.5 Å². The molecular formula is C13H20N2O2. The minimum absolute atomic E-state index is 0.666. The number of rotatable bonds is 5. The van der Waals surface area contributed by atoms with Gasteiger partial charge in [-0.05, 0) is 18.8 Å². The SMILES string of the molecule is COc1cc(N)c(NCC2CCC2)cc1OC. The third kappa shape index (κ3) is 2.57. The molecule has 94 valence electrons. The number of anilines is 2. The summed E-state index contributed by atoms with van der Waals surface area (Å²) in [5.74, 6) is 2.17. The predicted molar refractivity (Wildman–Crippen MR) is 69.8 cm³/mol. The van der Waals surface area contributed by atoms with E-state index in [1.54, 1.807) is 20.3 Å². The van der Waals surface area contributed by atoms with Gasteiger partial charge in [-0.2, -0.15) is 0 Å². The van der Waals surface area contributed by atoms with E-state index in [0.717, 1.165) is 18.2 Å². The van der Waals surface area contributed by atoms with Gasteiger partial charge in [-0.15, -0.1) is 0 Å². The van der Waals surface area contributed by atoms with Crippen molar-refractivity contribution in [3.63, 3.8) is 0 Å². The summed E-state index contributed by atoms with van der Waals surface area (Å²) < 4.78 is 10.5. The number of hydrogen-bond donors (Lipinski definition) is 2. The third-order valence-electron chi connectivity index (χ3n) is 3.36. The summed E-state index contributed by atoms with van der Waals surface area (Å²) in [6.07, 6.45) is 3.99. The molecule has 4 heteroatoms. The van der Waals surface area contributed by atoms with Crippen molar-refractivity contribution in [2.24, 2.45) is 5.92 Å². The first-order valence-corrected chi connectivity index (χ1v) is 6.00. The van der Waals surface area contributed by atoms with Crippen LogP contribution in [0.3, 0.4) is 0 Å². The molecule has 0 spiro atoms. The fraction of sp³-hybridized carbons (Fsp3) is 0.538. The van der Waals surface area contributed by atoms with Gasteiger partial charge in [0.25, 0.3) is 0 Å². The highest BCUT2D eigenvalue weighted by molar-refractivity contribution is 5.72. The Labute approximate surface area is 102 Å². The van der Waals surface area contributed by atoms with E-state index in [1.165, 1.54) is 19.3 Å². The van der Waals surface area contributed by atoms with Gasteiger partial charge in [-0.1, -0.05) is 6.42 Å². The Balaban J connectivity index is 2.09. The van der Waals surface area contributed by atoms with Crippen molar-refractivity contribution in [2.45, 2.75) is 19.3 Å². The second-order valence-corrected chi connectivity index (χ2v) is 4.47. The van der Waals surface area contributed by atoms with Crippen LogP contribution in [0.25, 0.3) is 0 Å². The Bertz CT molecular complexity index is 389. The quantitative estimate of drug-likeness (QED) is 0.771. The molecule has 0 saturated heterocycles. The van der Waals surface area contributed by atoms with E-state index in [4.69, 9.17) is 15.2 Å². The molecule has 1 fully saturated rings. The number of benzene rings is 1. The van der Waals surface area contributed by atoms with Crippen LogP contribution in [-0.4, -0.2) is 20.8 Å². The lowest BCUT2D eigenvalue weighted by Gasteiger charge is -2.26. The highest BCUT2D eigenvalue weighted by Gasteiger charge is 2.17. The van der Waals surface area contributed by atoms with E-state index >= 15 is 0 Å². The number of nitrogens with two attached hydrogens (primary N) is 1. The molecule has 1 saturated carbocycles. The molecule has 0 atom stereocenters. The summed E-state index contributed by atoms with van der Waals surface area (Å²) in [4.78, 5) is 0. The van der Waals surface area contributed by atoms with Crippen LogP contribution in [-0.2, 0) is 0 Å². The van der Waals surface area contributed by atoms with Crippen molar-refractivity contribution in [3.05, 3.63) is 12.1 Å². The normalized spacial score (nSPS) is 15.2. The minimum atomic E-state index is 0.666. The topological polar surface area (TPSA) is 56.5 Å². The maximum absolute atomic E-state index is 5.97. The molecular weight excluding hydrogens is 216 g/mol. The number of ether oxygens (including phenoxy) is 2. The molecule has 2 rings (SSSR count). The van der Waals surface area contributed by atoms with E-state index < -0.39 is 0 Å². The third-order valence-corrected chi connectivity index (χ3v) is 3.36. The van der Waals surface area contributed by atoms with Crippen molar-refractivity contribution < 1.29 is 9.47 Å². The lowest BCUT2D eigenvalue weighted by Crippen LogP contribution is -2.21. The molecule has 1 aliphatic carbocycles. The van der Waals surface area contributed by atoms with Gasteiger partial charge >= 0.3 is 0 Å². The second-order valence-electron chi connectivity index (χ2n) is 4.47. The fourth-order valence-corrected chi connectivity index (χ4v) is 2.00. The van der Waals surface area contributed by atoms with Gasteiger partial charge in [0.2, 0.25) is 0 Å². The van der Waals surface area contributed by atoms with Gasteiger partial charge in [0, 0.05) is 18.7 Å². The Morgan fingerprint density at radius 3 is 2.41 bits per heavy atom. The highest BCUT2D eigenvalue weighted by Crippen LogP contribution is 2.35. The number of nitrogens with one attached hydrogen (secondary N) is 1. The van der Waals surface area contributed by atoms with E-state index in [1.807, 2.05) is 6.07 Å². The van der Waals surface area contributed by atoms with Gasteiger partial charge in [-0.3, -0.25) is 0 Å². The largest absolute Gasteiger partial charge is 0.493 e. The highest BCUT2D eigenvalue weighted by atomic mass is 16.5. The van der Waals surface area contributed by atoms with E-state index in [2.05, 4.69) is 5.32 Å². The van der Waals surface area contributed by atoms with Crippen LogP contribution in [0.1, 0.15) is 19.3 Å². The zero-order chi connectivity index (χ0) is 12.3. The summed E-state index contributed by atoms with van der Waals surface area (Å²) in [6.45, 7) is 0.986. The van der Waals surface area contributed by atoms with Gasteiger partial charge in [0.1, 0.15) is 0 Å². The lowest BCUT2D eigenvalue weighted by molar-refractivity contribution is 0.333. The van der Waals surface area contributed by atoms with Gasteiger partial charge in [0.05, 0.1) is 25.6 Å². The van der Waals surface area contributed by atoms with Crippen LogP contribution in [0.15, 0.2) is 12.1 Å². The molecule has 0 heterocycles. The number of nitrogen functional groups attached to an aromatic ring is 1. The molecule has 0 aromatic heterocycles. The van der Waals surface area contributed by atoms with E-state index in [0.29, 0.717) is 17.2 Å². The molecule has 0 amide bonds. The molecule has 4 nitrogen and oxygen atoms in total. The van der Waals surface area contributed by atoms with Crippen molar-refractivity contribution in [1.82, 2.24) is 0 Å². The zero-order valence-electron chi connectivity index (χ0n) is 10.5. The van der Waals surface area contributed by atoms with Crippen LogP contribution in [0.2, 0.25) is 0 Å². The Morgan fingerprint density at radius 1 is 1.24 bits per heavy atom. The van der Waals surface area contributed by atoms with E-state index in [-0.39, 0.29) is 0 Å². The maximum atomic E-state index is 5.97. The molecule has 0 unspecified atom stereocenters. The van der Waals surface area contributed by atoms with Crippen LogP contribution in [0.4, 0.5) is 11.4 Å². The maximum Gasteiger partial charge on any atom is 0.162 e. The smallest absolute Gasteiger partial charge is 0.162 e. The van der Waals surface area contributed by atoms with Crippen LogP contribution < -0.4 is 20.5 Å². The number of methoxy groups -OCH3 is 2. The molecule has 1 aliphatic rings. The average molecular weight is 236 g/mol. The summed E-state index contributed by atoms with van der Waals surface area (Å²) in [6, 6.07) is 3.69. The Hall–Kier alpha value is -1.58. The van der Waals surface area contributed by atoms with Gasteiger partial charge in [0.15, 0.2) is 11.5 Å². The van der Waals surface area contributed by atoms with Gasteiger partial charge in [-0.25, -0.2) is 0 Å². The van der Waals surface area contributed by atoms with Crippen LogP contribution >= 0.6 is 0 Å². The summed E-state index contributed by atoms with van der Waals surface area (Å²) >= 11 is 0. The summed E-state index contributed by atoms with van der Waals surface area (Å²) in [5, 5.41) is 3.38. The van der Waals surface area contributed by atoms with E-state index in [9.17, 15) is 0 Å². The molecule has 1 aromatic rings. The molecule has 1 aromatic carbocycles. The molecule has 0 bridgehead atoms. The van der Waals surface area contributed by atoms with Crippen molar-refractivity contribution in [1.29, 1.82) is 0 Å². The molecule has 0 aliphatic heterocycles. The Kier molecular flexibility index (Phi) is 3.61. The van der Waals surface area contributed by atoms with Crippen LogP contribution in [0.5, 0.6) is 11.5 Å². The first-order valence-electron chi connectivity index (χ1n) is 6.00. The van der Waals surface area contributed by atoms with Crippen LogP contribution in [0, 0.1) is 5.92 Å². The van der Waals surface area contributed by atoms with Crippen molar-refractivity contribution >= 4 is 11.4 Å². The summed E-state index contributed by atoms with van der Waals surface area (Å²) in [7, 11) is 3.24. The number of hydrogen-bond acceptors (Lipinski definition) is 4. The average Bonchev–Trinajstić information content (AvgIpc) is 2.28. The monoisotopic (exact) mass is 236 g/mol. The minimum Gasteiger partial charge on any atom is -0.493 e. The molecule has 0 radical (unpaired) electrons. The molecule has 3 N–H and O–H groups in total.